The van der Waals surface area contributed by atoms with Crippen molar-refractivity contribution >= 4 is 30.0 Å². The van der Waals surface area contributed by atoms with E-state index in [1.165, 1.54) is 12.4 Å². The number of amides is 1. The number of hydrazone groups is 1. The van der Waals surface area contributed by atoms with E-state index in [-0.39, 0.29) is 11.8 Å². The lowest BCUT2D eigenvalue weighted by atomic mass is 9.95. The molecule has 7 heteroatoms. The maximum absolute atomic E-state index is 12.2. The molecule has 0 bridgehead atoms. The van der Waals surface area contributed by atoms with Gasteiger partial charge in [0.15, 0.2) is 0 Å². The van der Waals surface area contributed by atoms with Crippen molar-refractivity contribution < 1.29 is 4.79 Å². The van der Waals surface area contributed by atoms with Crippen LogP contribution in [0.5, 0.6) is 0 Å². The monoisotopic (exact) mass is 448 g/mol. The Labute approximate surface area is 197 Å². The number of hydrogen-bond acceptors (Lipinski definition) is 5. The van der Waals surface area contributed by atoms with E-state index >= 15 is 0 Å². The normalized spacial score (nSPS) is 20.7. The summed E-state index contributed by atoms with van der Waals surface area (Å²) >= 11 is 0. The first-order valence-electron chi connectivity index (χ1n) is 11.5. The highest BCUT2D eigenvalue weighted by Gasteiger charge is 2.18. The van der Waals surface area contributed by atoms with Gasteiger partial charge in [-0.25, -0.2) is 4.99 Å². The Morgan fingerprint density at radius 1 is 1.30 bits per heavy atom. The number of rotatable bonds is 12. The molecule has 0 aromatic carbocycles. The molecule has 0 aromatic rings. The molecule has 176 valence electrons. The molecule has 1 saturated carbocycles. The Morgan fingerprint density at radius 2 is 2.09 bits per heavy atom. The van der Waals surface area contributed by atoms with Crippen molar-refractivity contribution in [2.24, 2.45) is 31.9 Å². The van der Waals surface area contributed by atoms with Crippen LogP contribution in [0.15, 0.2) is 81.0 Å². The van der Waals surface area contributed by atoms with E-state index < -0.39 is 0 Å². The van der Waals surface area contributed by atoms with E-state index in [0.29, 0.717) is 23.4 Å². The van der Waals surface area contributed by atoms with E-state index in [1.54, 1.807) is 24.6 Å². The fourth-order valence-corrected chi connectivity index (χ4v) is 2.97. The molecule has 2 atom stereocenters. The van der Waals surface area contributed by atoms with Gasteiger partial charge in [0.05, 0.1) is 23.8 Å². The average Bonchev–Trinajstić information content (AvgIpc) is 3.65. The van der Waals surface area contributed by atoms with Crippen molar-refractivity contribution in [3.8, 4) is 0 Å². The Kier molecular flexibility index (Phi) is 10.9. The number of carbonyl (C=O) groups is 1. The van der Waals surface area contributed by atoms with Gasteiger partial charge in [0, 0.05) is 24.3 Å². The van der Waals surface area contributed by atoms with Gasteiger partial charge in [-0.15, -0.1) is 0 Å². The minimum Gasteiger partial charge on any atom is -0.313 e. The maximum atomic E-state index is 12.2. The molecule has 2 aliphatic rings. The largest absolute Gasteiger partial charge is 0.313 e. The fourth-order valence-electron chi connectivity index (χ4n) is 2.97. The van der Waals surface area contributed by atoms with Crippen LogP contribution in [-0.2, 0) is 4.79 Å². The molecule has 33 heavy (non-hydrogen) atoms. The summed E-state index contributed by atoms with van der Waals surface area (Å²) in [6, 6.07) is 0.433. The zero-order valence-electron chi connectivity index (χ0n) is 20.0. The smallest absolute Gasteiger partial charge is 0.249 e. The zero-order valence-corrected chi connectivity index (χ0v) is 20.0. The first kappa shape index (κ1) is 25.9. The van der Waals surface area contributed by atoms with Crippen LogP contribution >= 0.6 is 0 Å². The topological polar surface area (TPSA) is 90.6 Å². The molecular weight excluding hydrogens is 412 g/mol. The van der Waals surface area contributed by atoms with Gasteiger partial charge in [0.25, 0.3) is 0 Å². The van der Waals surface area contributed by atoms with Crippen LogP contribution in [0.2, 0.25) is 0 Å². The quantitative estimate of drug-likeness (QED) is 0.151. The second-order valence-electron chi connectivity index (χ2n) is 8.17. The maximum Gasteiger partial charge on any atom is 0.249 e. The zero-order chi connectivity index (χ0) is 24.1. The van der Waals surface area contributed by atoms with Crippen LogP contribution < -0.4 is 10.7 Å². The molecule has 0 spiro atoms. The fraction of sp³-hybridized carbons (Fsp3) is 0.423. The van der Waals surface area contributed by atoms with Crippen molar-refractivity contribution in [1.29, 1.82) is 0 Å². The number of hydrogen-bond donors (Lipinski definition) is 2. The van der Waals surface area contributed by atoms with Crippen LogP contribution in [0.3, 0.4) is 0 Å². The Morgan fingerprint density at radius 3 is 2.79 bits per heavy atom. The van der Waals surface area contributed by atoms with E-state index in [4.69, 9.17) is 0 Å². The van der Waals surface area contributed by atoms with Crippen LogP contribution in [0.1, 0.15) is 46.5 Å². The molecule has 0 saturated heterocycles. The molecule has 2 unspecified atom stereocenters. The molecule has 1 amide bonds. The third kappa shape index (κ3) is 9.76. The lowest BCUT2D eigenvalue weighted by Crippen LogP contribution is -2.19. The minimum atomic E-state index is -0.281. The van der Waals surface area contributed by atoms with Crippen molar-refractivity contribution in [3.63, 3.8) is 0 Å². The van der Waals surface area contributed by atoms with Gasteiger partial charge < -0.3 is 5.32 Å². The van der Waals surface area contributed by atoms with Crippen LogP contribution in [-0.4, -0.2) is 42.6 Å². The number of nitrogens with one attached hydrogen (secondary N) is 2. The first-order valence-corrected chi connectivity index (χ1v) is 11.5. The number of aliphatic imine (C=N–C) groups is 3. The van der Waals surface area contributed by atoms with Crippen molar-refractivity contribution in [3.05, 3.63) is 60.9 Å². The molecule has 1 heterocycles. The summed E-state index contributed by atoms with van der Waals surface area (Å²) in [6.45, 7) is 14.8. The molecular formula is C26H36N6O. The van der Waals surface area contributed by atoms with Gasteiger partial charge in [-0.05, 0) is 56.3 Å². The molecule has 7 nitrogen and oxygen atoms in total. The van der Waals surface area contributed by atoms with Gasteiger partial charge in [-0.1, -0.05) is 45.2 Å². The minimum absolute atomic E-state index is 0.171. The van der Waals surface area contributed by atoms with Crippen LogP contribution in [0.4, 0.5) is 0 Å². The molecule has 1 fully saturated rings. The summed E-state index contributed by atoms with van der Waals surface area (Å²) in [4.78, 5) is 25.4. The van der Waals surface area contributed by atoms with Gasteiger partial charge in [0.1, 0.15) is 6.34 Å². The van der Waals surface area contributed by atoms with E-state index in [9.17, 15) is 4.79 Å². The van der Waals surface area contributed by atoms with E-state index in [2.05, 4.69) is 70.0 Å². The Hall–Kier alpha value is -3.35. The van der Waals surface area contributed by atoms with Crippen LogP contribution in [0, 0.1) is 11.8 Å². The second-order valence-corrected chi connectivity index (χ2v) is 8.17. The SMILES string of the molecule is C=C/C=C(N=CNC(=O)/C=C/C(=C)C1C=CC(C(C)CC)=NCC1)/C(C)=N/NC=NC1CC1. The molecule has 0 radical (unpaired) electrons. The number of allylic oxidation sites excluding steroid dienone is 7. The average molecular weight is 449 g/mol. The third-order valence-electron chi connectivity index (χ3n) is 5.46. The predicted molar refractivity (Wildman–Crippen MR) is 140 cm³/mol. The van der Waals surface area contributed by atoms with Gasteiger partial charge in [-0.2, -0.15) is 5.10 Å². The molecule has 2 N–H and O–H groups in total. The van der Waals surface area contributed by atoms with Crippen LogP contribution in [0.25, 0.3) is 0 Å². The predicted octanol–water partition coefficient (Wildman–Crippen LogP) is 4.53. The first-order chi connectivity index (χ1) is 15.9. The highest BCUT2D eigenvalue weighted by molar-refractivity contribution is 6.01. The summed E-state index contributed by atoms with van der Waals surface area (Å²) in [7, 11) is 0. The van der Waals surface area contributed by atoms with Crippen molar-refractivity contribution in [2.45, 2.75) is 52.5 Å². The van der Waals surface area contributed by atoms with Crippen molar-refractivity contribution in [1.82, 2.24) is 10.7 Å². The summed E-state index contributed by atoms with van der Waals surface area (Å²) in [6.07, 6.45) is 18.0. The lowest BCUT2D eigenvalue weighted by Gasteiger charge is -2.09. The van der Waals surface area contributed by atoms with E-state index in [0.717, 1.165) is 43.5 Å². The lowest BCUT2D eigenvalue weighted by molar-refractivity contribution is -0.115. The molecule has 1 aliphatic carbocycles. The van der Waals surface area contributed by atoms with Gasteiger partial charge in [-0.3, -0.25) is 20.2 Å². The Balaban J connectivity index is 1.85. The highest BCUT2D eigenvalue weighted by Crippen LogP contribution is 2.22. The second kappa shape index (κ2) is 13.9. The number of nitrogens with zero attached hydrogens (tertiary/aromatic N) is 4. The molecule has 2 rings (SSSR count). The summed E-state index contributed by atoms with van der Waals surface area (Å²) in [5.74, 6) is 0.343. The van der Waals surface area contributed by atoms with Gasteiger partial charge >= 0.3 is 0 Å². The van der Waals surface area contributed by atoms with E-state index in [1.807, 2.05) is 6.92 Å². The molecule has 0 aromatic heterocycles. The van der Waals surface area contributed by atoms with Crippen molar-refractivity contribution in [2.75, 3.05) is 6.54 Å². The third-order valence-corrected chi connectivity index (χ3v) is 5.46. The highest BCUT2D eigenvalue weighted by atomic mass is 16.1. The summed E-state index contributed by atoms with van der Waals surface area (Å²) in [5.41, 5.74) is 6.04. The Bertz CT molecular complexity index is 915. The standard InChI is InChI=1S/C26H36N6O/c1-6-8-25(21(5)32-31-18-28-23-11-12-23)29-17-30-26(33)14-9-20(4)22-10-13-24(19(3)7-2)27-16-15-22/h6,8-10,13-14,17-19,22-23H,1,4,7,11-12,15-16H2,2-3,5H3,(H,28,31)(H,29,30,33)/b14-9+,25-8-,32-21+. The van der Waals surface area contributed by atoms with Gasteiger partial charge in [0.2, 0.25) is 5.91 Å². The summed E-state index contributed by atoms with van der Waals surface area (Å²) in [5, 5.41) is 6.86. The molecule has 1 aliphatic heterocycles. The summed E-state index contributed by atoms with van der Waals surface area (Å²) < 4.78 is 0. The number of carbonyl (C=O) groups excluding carboxylic acids is 1.